The molecule has 1 aromatic carbocycles. The summed E-state index contributed by atoms with van der Waals surface area (Å²) >= 11 is 0. The fourth-order valence-electron chi connectivity index (χ4n) is 2.40. The first-order valence-electron chi connectivity index (χ1n) is 6.86. The maximum Gasteiger partial charge on any atom is 0.406 e. The fraction of sp³-hybridized carbons (Fsp3) is 0.500. The van der Waals surface area contributed by atoms with Gasteiger partial charge >= 0.3 is 12.2 Å². The predicted molar refractivity (Wildman–Crippen MR) is 74.1 cm³/mol. The summed E-state index contributed by atoms with van der Waals surface area (Å²) in [5.41, 5.74) is 0.489. The molecule has 0 bridgehead atoms. The third-order valence-electron chi connectivity index (χ3n) is 3.38. The van der Waals surface area contributed by atoms with Gasteiger partial charge in [0.05, 0.1) is 0 Å². The molecular weight excluding hydrogens is 283 g/mol. The zero-order chi connectivity index (χ0) is 15.3. The largest absolute Gasteiger partial charge is 0.406 e. The summed E-state index contributed by atoms with van der Waals surface area (Å²) in [6.45, 7) is 0.0195. The van der Waals surface area contributed by atoms with E-state index in [1.54, 1.807) is 30.3 Å². The number of urea groups is 1. The Balaban J connectivity index is 2.08. The number of hydrogen-bond donors (Lipinski definition) is 2. The number of alkyl halides is 3. The standard InChI is InChI=1S/C14H18F3N3O/c15-14(16,17)10-20(12-6-8-18-9-7-12)13(21)19-11-4-2-1-3-5-11/h1-5,12,18H,6-10H2,(H,19,21). The van der Waals surface area contributed by atoms with Crippen LogP contribution in [0.5, 0.6) is 0 Å². The van der Waals surface area contributed by atoms with Crippen molar-refractivity contribution in [3.8, 4) is 0 Å². The van der Waals surface area contributed by atoms with Gasteiger partial charge in [-0.15, -0.1) is 0 Å². The van der Waals surface area contributed by atoms with Crippen molar-refractivity contribution in [2.75, 3.05) is 25.0 Å². The van der Waals surface area contributed by atoms with Crippen molar-refractivity contribution in [2.24, 2.45) is 0 Å². The van der Waals surface area contributed by atoms with Crippen molar-refractivity contribution in [3.05, 3.63) is 30.3 Å². The lowest BCUT2D eigenvalue weighted by Gasteiger charge is -2.35. The summed E-state index contributed by atoms with van der Waals surface area (Å²) in [7, 11) is 0. The Bertz CT molecular complexity index is 458. The second-order valence-corrected chi connectivity index (χ2v) is 5.02. The topological polar surface area (TPSA) is 44.4 Å². The minimum atomic E-state index is -4.40. The van der Waals surface area contributed by atoms with E-state index in [9.17, 15) is 18.0 Å². The van der Waals surface area contributed by atoms with Crippen LogP contribution in [-0.2, 0) is 0 Å². The summed E-state index contributed by atoms with van der Waals surface area (Å²) in [5, 5.41) is 5.61. The van der Waals surface area contributed by atoms with Crippen molar-refractivity contribution in [3.63, 3.8) is 0 Å². The van der Waals surface area contributed by atoms with Gasteiger partial charge in [-0.3, -0.25) is 0 Å². The van der Waals surface area contributed by atoms with E-state index in [-0.39, 0.29) is 0 Å². The fourth-order valence-corrected chi connectivity index (χ4v) is 2.40. The SMILES string of the molecule is O=C(Nc1ccccc1)N(CC(F)(F)F)C1CCNCC1. The molecule has 2 rings (SSSR count). The second kappa shape index (κ2) is 6.80. The molecule has 1 aromatic rings. The van der Waals surface area contributed by atoms with Crippen molar-refractivity contribution in [2.45, 2.75) is 25.1 Å². The zero-order valence-electron chi connectivity index (χ0n) is 11.5. The molecule has 21 heavy (non-hydrogen) atoms. The molecule has 1 heterocycles. The molecule has 7 heteroatoms. The molecule has 0 radical (unpaired) electrons. The normalized spacial score (nSPS) is 16.5. The molecule has 4 nitrogen and oxygen atoms in total. The molecular formula is C14H18F3N3O. The smallest absolute Gasteiger partial charge is 0.317 e. The van der Waals surface area contributed by atoms with Crippen molar-refractivity contribution in [1.29, 1.82) is 0 Å². The highest BCUT2D eigenvalue weighted by Crippen LogP contribution is 2.22. The highest BCUT2D eigenvalue weighted by Gasteiger charge is 2.36. The molecule has 1 saturated heterocycles. The maximum absolute atomic E-state index is 12.7. The highest BCUT2D eigenvalue weighted by atomic mass is 19.4. The maximum atomic E-state index is 12.7. The molecule has 1 fully saturated rings. The Morgan fingerprint density at radius 3 is 2.43 bits per heavy atom. The molecule has 1 aliphatic rings. The minimum Gasteiger partial charge on any atom is -0.317 e. The van der Waals surface area contributed by atoms with E-state index < -0.39 is 24.8 Å². The monoisotopic (exact) mass is 301 g/mol. The number of nitrogens with zero attached hydrogens (tertiary/aromatic N) is 1. The third-order valence-corrected chi connectivity index (χ3v) is 3.38. The van der Waals surface area contributed by atoms with Gasteiger partial charge in [0.1, 0.15) is 6.54 Å². The Hall–Kier alpha value is -1.76. The van der Waals surface area contributed by atoms with Crippen molar-refractivity contribution < 1.29 is 18.0 Å². The van der Waals surface area contributed by atoms with Crippen LogP contribution in [0.25, 0.3) is 0 Å². The molecule has 0 spiro atoms. The first-order valence-corrected chi connectivity index (χ1v) is 6.86. The van der Waals surface area contributed by atoms with Gasteiger partial charge in [-0.1, -0.05) is 18.2 Å². The molecule has 116 valence electrons. The average molecular weight is 301 g/mol. The Labute approximate surface area is 121 Å². The van der Waals surface area contributed by atoms with Gasteiger partial charge in [-0.2, -0.15) is 13.2 Å². The Kier molecular flexibility index (Phi) is 5.06. The minimum absolute atomic E-state index is 0.392. The van der Waals surface area contributed by atoms with Crippen LogP contribution in [0.15, 0.2) is 30.3 Å². The van der Waals surface area contributed by atoms with Crippen molar-refractivity contribution >= 4 is 11.7 Å². The summed E-state index contributed by atoms with van der Waals surface area (Å²) in [5.74, 6) is 0. The quantitative estimate of drug-likeness (QED) is 0.901. The number of halogens is 3. The van der Waals surface area contributed by atoms with Gasteiger partial charge in [-0.05, 0) is 38.1 Å². The number of anilines is 1. The molecule has 0 unspecified atom stereocenters. The number of carbonyl (C=O) groups excluding carboxylic acids is 1. The van der Waals surface area contributed by atoms with E-state index in [1.165, 1.54) is 0 Å². The lowest BCUT2D eigenvalue weighted by Crippen LogP contribution is -2.51. The predicted octanol–water partition coefficient (Wildman–Crippen LogP) is 2.83. The van der Waals surface area contributed by atoms with E-state index in [0.29, 0.717) is 31.6 Å². The summed E-state index contributed by atoms with van der Waals surface area (Å²) < 4.78 is 38.2. The number of hydrogen-bond acceptors (Lipinski definition) is 2. The summed E-state index contributed by atoms with van der Waals surface area (Å²) in [6, 6.07) is 7.40. The van der Waals surface area contributed by atoms with Crippen LogP contribution in [0.3, 0.4) is 0 Å². The Morgan fingerprint density at radius 1 is 1.24 bits per heavy atom. The molecule has 0 aliphatic carbocycles. The van der Waals surface area contributed by atoms with Crippen LogP contribution >= 0.6 is 0 Å². The van der Waals surface area contributed by atoms with E-state index in [4.69, 9.17) is 0 Å². The lowest BCUT2D eigenvalue weighted by molar-refractivity contribution is -0.144. The molecule has 1 aliphatic heterocycles. The van der Waals surface area contributed by atoms with Gasteiger partial charge in [0.15, 0.2) is 0 Å². The van der Waals surface area contributed by atoms with Gasteiger partial charge in [-0.25, -0.2) is 4.79 Å². The number of carbonyl (C=O) groups is 1. The molecule has 2 N–H and O–H groups in total. The Morgan fingerprint density at radius 2 is 1.86 bits per heavy atom. The average Bonchev–Trinajstić information content (AvgIpc) is 2.46. The first kappa shape index (κ1) is 15.6. The van der Waals surface area contributed by atoms with Gasteiger partial charge in [0.2, 0.25) is 0 Å². The number of piperidine rings is 1. The van der Waals surface area contributed by atoms with Crippen LogP contribution in [0, 0.1) is 0 Å². The van der Waals surface area contributed by atoms with E-state index in [1.807, 2.05) is 0 Å². The molecule has 0 saturated carbocycles. The number of benzene rings is 1. The van der Waals surface area contributed by atoms with Crippen LogP contribution in [0.2, 0.25) is 0 Å². The molecule has 0 aromatic heterocycles. The van der Waals surface area contributed by atoms with E-state index >= 15 is 0 Å². The summed E-state index contributed by atoms with van der Waals surface area (Å²) in [6.07, 6.45) is -3.35. The molecule has 2 amide bonds. The van der Waals surface area contributed by atoms with Gasteiger partial charge in [0, 0.05) is 11.7 Å². The van der Waals surface area contributed by atoms with Crippen molar-refractivity contribution in [1.82, 2.24) is 10.2 Å². The van der Waals surface area contributed by atoms with Gasteiger partial charge < -0.3 is 15.5 Å². The van der Waals surface area contributed by atoms with Crippen LogP contribution in [-0.4, -0.2) is 42.8 Å². The highest BCUT2D eigenvalue weighted by molar-refractivity contribution is 5.89. The van der Waals surface area contributed by atoms with Gasteiger partial charge in [0.25, 0.3) is 0 Å². The van der Waals surface area contributed by atoms with Crippen LogP contribution < -0.4 is 10.6 Å². The summed E-state index contributed by atoms with van der Waals surface area (Å²) in [4.78, 5) is 13.1. The van der Waals surface area contributed by atoms with E-state index in [2.05, 4.69) is 10.6 Å². The van der Waals surface area contributed by atoms with Crippen LogP contribution in [0.4, 0.5) is 23.7 Å². The lowest BCUT2D eigenvalue weighted by atomic mass is 10.1. The van der Waals surface area contributed by atoms with E-state index in [0.717, 1.165) is 4.90 Å². The first-order chi connectivity index (χ1) is 9.96. The third kappa shape index (κ3) is 4.93. The number of nitrogens with one attached hydrogen (secondary N) is 2. The second-order valence-electron chi connectivity index (χ2n) is 5.02. The molecule has 0 atom stereocenters. The zero-order valence-corrected chi connectivity index (χ0v) is 11.5. The number of rotatable bonds is 3. The number of amides is 2. The number of para-hydroxylation sites is 1. The van der Waals surface area contributed by atoms with Crippen LogP contribution in [0.1, 0.15) is 12.8 Å².